The van der Waals surface area contributed by atoms with E-state index in [2.05, 4.69) is 39.9 Å². The second kappa shape index (κ2) is 10.4. The summed E-state index contributed by atoms with van der Waals surface area (Å²) in [6.07, 6.45) is 7.99. The van der Waals surface area contributed by atoms with E-state index in [0.717, 1.165) is 52.0 Å². The first-order valence-electron chi connectivity index (χ1n) is 11.5. The number of hydrogen-bond acceptors (Lipinski definition) is 4. The summed E-state index contributed by atoms with van der Waals surface area (Å²) in [7, 11) is 1.67. The monoisotopic (exact) mass is 446 g/mol. The Morgan fingerprint density at radius 2 is 2.12 bits per heavy atom. The SMILES string of the molecule is COc1ccc2cc(C(/C=C3\CN=CNC3=NC3CCC[NH2+]C3)=C/C(C)C(N)=O)ccc2c1. The topological polar surface area (TPSA) is 106 Å². The maximum Gasteiger partial charge on any atom is 0.224 e. The summed E-state index contributed by atoms with van der Waals surface area (Å²) >= 11 is 0. The van der Waals surface area contributed by atoms with Gasteiger partial charge >= 0.3 is 0 Å². The first-order valence-corrected chi connectivity index (χ1v) is 11.5. The van der Waals surface area contributed by atoms with Crippen molar-refractivity contribution in [1.82, 2.24) is 5.32 Å². The largest absolute Gasteiger partial charge is 0.497 e. The van der Waals surface area contributed by atoms with Gasteiger partial charge in [-0.25, -0.2) is 0 Å². The molecular formula is C26H32N5O2+. The Morgan fingerprint density at radius 1 is 1.30 bits per heavy atom. The van der Waals surface area contributed by atoms with Gasteiger partial charge in [-0.2, -0.15) is 0 Å². The lowest BCUT2D eigenvalue weighted by Crippen LogP contribution is -2.88. The van der Waals surface area contributed by atoms with E-state index in [1.165, 1.54) is 13.0 Å². The fraction of sp³-hybridized carbons (Fsp3) is 0.346. The number of nitrogens with one attached hydrogen (secondary N) is 1. The number of nitrogens with two attached hydrogens (primary N) is 2. The maximum absolute atomic E-state index is 11.8. The van der Waals surface area contributed by atoms with E-state index in [1.807, 2.05) is 31.2 Å². The molecule has 0 aromatic heterocycles. The summed E-state index contributed by atoms with van der Waals surface area (Å²) < 4.78 is 5.35. The highest BCUT2D eigenvalue weighted by Crippen LogP contribution is 2.27. The average Bonchev–Trinajstić information content (AvgIpc) is 2.84. The van der Waals surface area contributed by atoms with Crippen LogP contribution in [0.2, 0.25) is 0 Å². The van der Waals surface area contributed by atoms with Crippen LogP contribution in [0, 0.1) is 5.92 Å². The fourth-order valence-corrected chi connectivity index (χ4v) is 4.18. The first-order chi connectivity index (χ1) is 16.0. The number of benzene rings is 2. The summed E-state index contributed by atoms with van der Waals surface area (Å²) in [4.78, 5) is 21.2. The molecule has 0 bridgehead atoms. The number of hydrogen-bond donors (Lipinski definition) is 3. The molecule has 7 nitrogen and oxygen atoms in total. The third-order valence-electron chi connectivity index (χ3n) is 6.14. The molecule has 0 aliphatic carbocycles. The van der Waals surface area contributed by atoms with Crippen LogP contribution in [0.1, 0.15) is 25.3 Å². The number of amidine groups is 1. The molecule has 0 radical (unpaired) electrons. The average molecular weight is 447 g/mol. The van der Waals surface area contributed by atoms with E-state index < -0.39 is 5.92 Å². The van der Waals surface area contributed by atoms with E-state index in [0.29, 0.717) is 12.6 Å². The number of primary amides is 1. The van der Waals surface area contributed by atoms with Crippen LogP contribution in [-0.4, -0.2) is 50.9 Å². The summed E-state index contributed by atoms with van der Waals surface area (Å²) in [5, 5.41) is 7.74. The van der Waals surface area contributed by atoms with Crippen molar-refractivity contribution in [2.45, 2.75) is 25.8 Å². The molecule has 7 heteroatoms. The van der Waals surface area contributed by atoms with Crippen molar-refractivity contribution in [3.8, 4) is 5.75 Å². The van der Waals surface area contributed by atoms with Gasteiger partial charge in [0, 0.05) is 5.57 Å². The third kappa shape index (κ3) is 5.68. The van der Waals surface area contributed by atoms with Gasteiger partial charge in [-0.15, -0.1) is 0 Å². The predicted molar refractivity (Wildman–Crippen MR) is 134 cm³/mol. The molecule has 172 valence electrons. The Balaban J connectivity index is 1.74. The van der Waals surface area contributed by atoms with Crippen LogP contribution >= 0.6 is 0 Å². The van der Waals surface area contributed by atoms with Gasteiger partial charge in [-0.1, -0.05) is 31.2 Å². The lowest BCUT2D eigenvalue weighted by molar-refractivity contribution is -0.663. The van der Waals surface area contributed by atoms with Crippen LogP contribution in [0.4, 0.5) is 0 Å². The zero-order chi connectivity index (χ0) is 23.2. The van der Waals surface area contributed by atoms with Crippen LogP contribution in [-0.2, 0) is 4.79 Å². The summed E-state index contributed by atoms with van der Waals surface area (Å²) in [6, 6.07) is 12.5. The van der Waals surface area contributed by atoms with Crippen LogP contribution in [0.15, 0.2) is 64.1 Å². The molecule has 0 spiro atoms. The molecule has 0 saturated carbocycles. The van der Waals surface area contributed by atoms with Gasteiger partial charge in [-0.05, 0) is 59.0 Å². The number of ether oxygens (including phenoxy) is 1. The Labute approximate surface area is 194 Å². The molecule has 2 aliphatic heterocycles. The molecular weight excluding hydrogens is 414 g/mol. The van der Waals surface area contributed by atoms with Crippen molar-refractivity contribution < 1.29 is 14.8 Å². The van der Waals surface area contributed by atoms with E-state index in [1.54, 1.807) is 13.4 Å². The summed E-state index contributed by atoms with van der Waals surface area (Å²) in [5.74, 6) is 0.913. The van der Waals surface area contributed by atoms with Crippen molar-refractivity contribution in [1.29, 1.82) is 0 Å². The van der Waals surface area contributed by atoms with Gasteiger partial charge in [0.25, 0.3) is 0 Å². The highest BCUT2D eigenvalue weighted by atomic mass is 16.5. The lowest BCUT2D eigenvalue weighted by Gasteiger charge is -2.21. The van der Waals surface area contributed by atoms with Crippen LogP contribution in [0.3, 0.4) is 0 Å². The van der Waals surface area contributed by atoms with Gasteiger partial charge in [0.05, 0.1) is 39.0 Å². The number of allylic oxidation sites excluding steroid dienone is 2. The fourth-order valence-electron chi connectivity index (χ4n) is 4.18. The first kappa shape index (κ1) is 22.7. The van der Waals surface area contributed by atoms with E-state index in [-0.39, 0.29) is 5.91 Å². The van der Waals surface area contributed by atoms with E-state index in [9.17, 15) is 4.79 Å². The second-order valence-electron chi connectivity index (χ2n) is 8.61. The summed E-state index contributed by atoms with van der Waals surface area (Å²) in [6.45, 7) is 4.53. The lowest BCUT2D eigenvalue weighted by atomic mass is 9.95. The number of rotatable bonds is 6. The van der Waals surface area contributed by atoms with Crippen molar-refractivity contribution in [3.05, 3.63) is 59.7 Å². The molecule has 4 rings (SSSR count). The molecule has 2 unspecified atom stereocenters. The highest BCUT2D eigenvalue weighted by molar-refractivity contribution is 6.08. The second-order valence-corrected chi connectivity index (χ2v) is 8.61. The summed E-state index contributed by atoms with van der Waals surface area (Å²) in [5.41, 5.74) is 8.52. The Morgan fingerprint density at radius 3 is 2.88 bits per heavy atom. The smallest absolute Gasteiger partial charge is 0.224 e. The Bertz CT molecular complexity index is 1140. The zero-order valence-corrected chi connectivity index (χ0v) is 19.3. The number of quaternary nitrogens is 1. The molecule has 5 N–H and O–H groups in total. The van der Waals surface area contributed by atoms with Gasteiger partial charge in [0.2, 0.25) is 5.91 Å². The van der Waals surface area contributed by atoms with Gasteiger partial charge in [0.1, 0.15) is 17.6 Å². The number of nitrogens with zero attached hydrogens (tertiary/aromatic N) is 2. The highest BCUT2D eigenvalue weighted by Gasteiger charge is 2.19. The number of methoxy groups -OCH3 is 1. The molecule has 2 aromatic carbocycles. The third-order valence-corrected chi connectivity index (χ3v) is 6.14. The minimum atomic E-state index is -0.406. The molecule has 2 atom stereocenters. The minimum absolute atomic E-state index is 0.295. The normalized spacial score (nSPS) is 22.4. The number of aliphatic imine (C=N–C) groups is 2. The van der Waals surface area contributed by atoms with Crippen LogP contribution in [0.5, 0.6) is 5.75 Å². The van der Waals surface area contributed by atoms with Crippen molar-refractivity contribution in [2.75, 3.05) is 26.7 Å². The van der Waals surface area contributed by atoms with Crippen molar-refractivity contribution >= 4 is 34.4 Å². The quantitative estimate of drug-likeness (QED) is 0.632. The molecule has 1 fully saturated rings. The Kier molecular flexibility index (Phi) is 7.19. The molecule has 2 heterocycles. The van der Waals surface area contributed by atoms with Gasteiger partial charge in [-0.3, -0.25) is 14.8 Å². The number of carbonyl (C=O) groups is 1. The van der Waals surface area contributed by atoms with Gasteiger partial charge in [0.15, 0.2) is 0 Å². The molecule has 1 amide bonds. The molecule has 33 heavy (non-hydrogen) atoms. The van der Waals surface area contributed by atoms with Crippen molar-refractivity contribution in [2.24, 2.45) is 21.6 Å². The van der Waals surface area contributed by atoms with Crippen LogP contribution < -0.4 is 21.1 Å². The number of carbonyl (C=O) groups excluding carboxylic acids is 1. The number of amides is 1. The number of piperidine rings is 1. The van der Waals surface area contributed by atoms with Crippen molar-refractivity contribution in [3.63, 3.8) is 0 Å². The minimum Gasteiger partial charge on any atom is -0.497 e. The van der Waals surface area contributed by atoms with Gasteiger partial charge < -0.3 is 21.1 Å². The number of fused-ring (bicyclic) bond motifs is 1. The molecule has 1 saturated heterocycles. The molecule has 2 aliphatic rings. The predicted octanol–water partition coefficient (Wildman–Crippen LogP) is 2.04. The van der Waals surface area contributed by atoms with E-state index >= 15 is 0 Å². The zero-order valence-electron chi connectivity index (χ0n) is 19.3. The Hall–Kier alpha value is -3.45. The van der Waals surface area contributed by atoms with Crippen LogP contribution in [0.25, 0.3) is 16.3 Å². The maximum atomic E-state index is 11.8. The molecule has 2 aromatic rings. The van der Waals surface area contributed by atoms with E-state index in [4.69, 9.17) is 15.5 Å². The standard InChI is InChI=1S/C26H31N5O2/c1-17(25(27)32)10-21(19-5-6-20-13-24(33-2)8-7-18(20)11-19)12-22-14-29-16-30-26(22)31-23-4-3-9-28-15-23/h5-8,10-13,16-17,23,28H,3-4,9,14-15H2,1-2H3,(H2,27,32)(H,29,30,31)/p+1/b21-10+,22-12+.